The molecule has 0 aliphatic rings. The standard InChI is InChI=1S/C20H14ClN3O2S/c21-19-6-5-18(27-19)16-11-23-12-17(16)20(25)24-13-1-3-14(4-2-13)26-15-7-9-22-10-8-15/h1-12,23H,(H,24,25). The lowest BCUT2D eigenvalue weighted by Crippen LogP contribution is -2.11. The van der Waals surface area contributed by atoms with Crippen LogP contribution < -0.4 is 10.1 Å². The quantitative estimate of drug-likeness (QED) is 0.446. The summed E-state index contributed by atoms with van der Waals surface area (Å²) in [4.78, 5) is 20.5. The Morgan fingerprint density at radius 3 is 2.44 bits per heavy atom. The lowest BCUT2D eigenvalue weighted by molar-refractivity contribution is 0.102. The number of carbonyl (C=O) groups excluding carboxylic acids is 1. The molecule has 5 nitrogen and oxygen atoms in total. The number of benzene rings is 1. The van der Waals surface area contributed by atoms with Crippen LogP contribution in [0.3, 0.4) is 0 Å². The van der Waals surface area contributed by atoms with Crippen molar-refractivity contribution in [1.29, 1.82) is 0 Å². The smallest absolute Gasteiger partial charge is 0.257 e. The van der Waals surface area contributed by atoms with Crippen molar-refractivity contribution in [3.8, 4) is 21.9 Å². The van der Waals surface area contributed by atoms with E-state index in [-0.39, 0.29) is 5.91 Å². The van der Waals surface area contributed by atoms with Crippen molar-refractivity contribution in [2.45, 2.75) is 0 Å². The van der Waals surface area contributed by atoms with Gasteiger partial charge >= 0.3 is 0 Å². The zero-order valence-electron chi connectivity index (χ0n) is 14.0. The Hall–Kier alpha value is -3.09. The fourth-order valence-corrected chi connectivity index (χ4v) is 3.64. The van der Waals surface area contributed by atoms with Crippen LogP contribution in [0.15, 0.2) is 73.3 Å². The van der Waals surface area contributed by atoms with Gasteiger partial charge in [0.15, 0.2) is 0 Å². The van der Waals surface area contributed by atoms with Crippen LogP contribution in [0.1, 0.15) is 10.4 Å². The number of pyridine rings is 1. The number of aromatic nitrogens is 2. The molecular weight excluding hydrogens is 382 g/mol. The fourth-order valence-electron chi connectivity index (χ4n) is 2.56. The molecule has 3 heterocycles. The minimum Gasteiger partial charge on any atom is -0.457 e. The largest absolute Gasteiger partial charge is 0.457 e. The number of H-pyrrole nitrogens is 1. The molecule has 0 radical (unpaired) electrons. The SMILES string of the molecule is O=C(Nc1ccc(Oc2ccncc2)cc1)c1c[nH]cc1-c1ccc(Cl)s1. The first kappa shape index (κ1) is 17.3. The van der Waals surface area contributed by atoms with Crippen molar-refractivity contribution in [2.24, 2.45) is 0 Å². The molecule has 0 bridgehead atoms. The molecule has 0 saturated carbocycles. The zero-order chi connectivity index (χ0) is 18.6. The van der Waals surface area contributed by atoms with Gasteiger partial charge in [-0.15, -0.1) is 11.3 Å². The number of nitrogens with zero attached hydrogens (tertiary/aromatic N) is 1. The van der Waals surface area contributed by atoms with Gasteiger partial charge in [0, 0.05) is 40.9 Å². The summed E-state index contributed by atoms with van der Waals surface area (Å²) in [5.74, 6) is 1.18. The molecule has 0 saturated heterocycles. The number of halogens is 1. The van der Waals surface area contributed by atoms with Crippen molar-refractivity contribution < 1.29 is 9.53 Å². The van der Waals surface area contributed by atoms with Gasteiger partial charge in [0.25, 0.3) is 5.91 Å². The summed E-state index contributed by atoms with van der Waals surface area (Å²) in [6.07, 6.45) is 6.81. The summed E-state index contributed by atoms with van der Waals surface area (Å²) in [5.41, 5.74) is 2.06. The van der Waals surface area contributed by atoms with Crippen molar-refractivity contribution in [2.75, 3.05) is 5.32 Å². The number of nitrogens with one attached hydrogen (secondary N) is 2. The van der Waals surface area contributed by atoms with Gasteiger partial charge in [0.2, 0.25) is 0 Å². The highest BCUT2D eigenvalue weighted by atomic mass is 35.5. The third kappa shape index (κ3) is 4.02. The second-order valence-corrected chi connectivity index (χ2v) is 7.37. The van der Waals surface area contributed by atoms with Crippen LogP contribution in [-0.2, 0) is 0 Å². The molecule has 134 valence electrons. The highest BCUT2D eigenvalue weighted by Gasteiger charge is 2.15. The van der Waals surface area contributed by atoms with Gasteiger partial charge in [-0.1, -0.05) is 11.6 Å². The normalized spacial score (nSPS) is 10.6. The number of carbonyl (C=O) groups is 1. The first-order chi connectivity index (χ1) is 13.2. The number of hydrogen-bond donors (Lipinski definition) is 2. The number of anilines is 1. The molecule has 27 heavy (non-hydrogen) atoms. The minimum atomic E-state index is -0.196. The second-order valence-electron chi connectivity index (χ2n) is 5.65. The monoisotopic (exact) mass is 395 g/mol. The van der Waals surface area contributed by atoms with E-state index < -0.39 is 0 Å². The van der Waals surface area contributed by atoms with E-state index in [1.54, 1.807) is 61.2 Å². The molecule has 4 aromatic rings. The van der Waals surface area contributed by atoms with E-state index in [4.69, 9.17) is 16.3 Å². The zero-order valence-corrected chi connectivity index (χ0v) is 15.6. The Morgan fingerprint density at radius 1 is 1.00 bits per heavy atom. The number of amides is 1. The predicted molar refractivity (Wildman–Crippen MR) is 108 cm³/mol. The summed E-state index contributed by atoms with van der Waals surface area (Å²) in [7, 11) is 0. The van der Waals surface area contributed by atoms with Crippen molar-refractivity contribution in [1.82, 2.24) is 9.97 Å². The maximum absolute atomic E-state index is 12.7. The van der Waals surface area contributed by atoms with E-state index in [9.17, 15) is 4.79 Å². The molecule has 2 N–H and O–H groups in total. The lowest BCUT2D eigenvalue weighted by atomic mass is 10.1. The molecule has 0 unspecified atom stereocenters. The van der Waals surface area contributed by atoms with Gasteiger partial charge in [-0.2, -0.15) is 0 Å². The van der Waals surface area contributed by atoms with Crippen molar-refractivity contribution in [3.63, 3.8) is 0 Å². The van der Waals surface area contributed by atoms with Gasteiger partial charge in [-0.25, -0.2) is 0 Å². The molecule has 0 spiro atoms. The van der Waals surface area contributed by atoms with Gasteiger partial charge in [-0.3, -0.25) is 9.78 Å². The molecule has 0 atom stereocenters. The number of thiophene rings is 1. The highest BCUT2D eigenvalue weighted by Crippen LogP contribution is 2.33. The molecule has 3 aromatic heterocycles. The van der Waals surface area contributed by atoms with Gasteiger partial charge in [0.05, 0.1) is 9.90 Å². The molecule has 0 aliphatic carbocycles. The van der Waals surface area contributed by atoms with E-state index in [2.05, 4.69) is 15.3 Å². The molecular formula is C20H14ClN3O2S. The number of hydrogen-bond acceptors (Lipinski definition) is 4. The summed E-state index contributed by atoms with van der Waals surface area (Å²) < 4.78 is 6.40. The fraction of sp³-hybridized carbons (Fsp3) is 0. The third-order valence-corrected chi connectivity index (χ3v) is 5.09. The topological polar surface area (TPSA) is 67.0 Å². The maximum atomic E-state index is 12.7. The summed E-state index contributed by atoms with van der Waals surface area (Å²) >= 11 is 7.43. The summed E-state index contributed by atoms with van der Waals surface area (Å²) in [6, 6.07) is 14.5. The minimum absolute atomic E-state index is 0.196. The van der Waals surface area contributed by atoms with Gasteiger partial charge in [0.1, 0.15) is 11.5 Å². The van der Waals surface area contributed by atoms with Crippen LogP contribution in [0.25, 0.3) is 10.4 Å². The van der Waals surface area contributed by atoms with E-state index >= 15 is 0 Å². The maximum Gasteiger partial charge on any atom is 0.257 e. The lowest BCUT2D eigenvalue weighted by Gasteiger charge is -2.08. The van der Waals surface area contributed by atoms with Crippen LogP contribution in [-0.4, -0.2) is 15.9 Å². The van der Waals surface area contributed by atoms with Crippen LogP contribution in [0.2, 0.25) is 4.34 Å². The van der Waals surface area contributed by atoms with Crippen LogP contribution in [0, 0.1) is 0 Å². The molecule has 1 amide bonds. The second kappa shape index (κ2) is 7.65. The first-order valence-electron chi connectivity index (χ1n) is 8.11. The van der Waals surface area contributed by atoms with E-state index in [1.807, 2.05) is 12.1 Å². The van der Waals surface area contributed by atoms with Crippen LogP contribution in [0.4, 0.5) is 5.69 Å². The van der Waals surface area contributed by atoms with Crippen molar-refractivity contribution in [3.05, 3.63) is 83.2 Å². The Bertz CT molecular complexity index is 1060. The van der Waals surface area contributed by atoms with E-state index in [0.29, 0.717) is 27.1 Å². The molecule has 7 heteroatoms. The van der Waals surface area contributed by atoms with Gasteiger partial charge in [-0.05, 0) is 48.5 Å². The van der Waals surface area contributed by atoms with E-state index in [0.717, 1.165) is 10.4 Å². The van der Waals surface area contributed by atoms with Crippen LogP contribution in [0.5, 0.6) is 11.5 Å². The number of aromatic amines is 1. The highest BCUT2D eigenvalue weighted by molar-refractivity contribution is 7.19. The average molecular weight is 396 g/mol. The summed E-state index contributed by atoms with van der Waals surface area (Å²) in [5, 5.41) is 2.90. The Labute approximate surface area is 164 Å². The van der Waals surface area contributed by atoms with Crippen LogP contribution >= 0.6 is 22.9 Å². The Morgan fingerprint density at radius 2 is 1.74 bits per heavy atom. The number of rotatable bonds is 5. The molecule has 0 aliphatic heterocycles. The van der Waals surface area contributed by atoms with Gasteiger partial charge < -0.3 is 15.0 Å². The molecule has 0 fully saturated rings. The average Bonchev–Trinajstić information content (AvgIpc) is 3.33. The molecule has 1 aromatic carbocycles. The third-order valence-electron chi connectivity index (χ3n) is 3.83. The molecule has 4 rings (SSSR count). The predicted octanol–water partition coefficient (Wildman–Crippen LogP) is 5.84. The van der Waals surface area contributed by atoms with E-state index in [1.165, 1.54) is 11.3 Å². The first-order valence-corrected chi connectivity index (χ1v) is 9.30. The van der Waals surface area contributed by atoms with Crippen molar-refractivity contribution >= 4 is 34.5 Å². The Balaban J connectivity index is 1.47. The summed E-state index contributed by atoms with van der Waals surface area (Å²) in [6.45, 7) is 0. The number of ether oxygens (including phenoxy) is 1. The Kier molecular flexibility index (Phi) is 4.91.